The lowest BCUT2D eigenvalue weighted by molar-refractivity contribution is -0.124. The Bertz CT molecular complexity index is 616. The monoisotopic (exact) mass is 302 g/mol. The van der Waals surface area contributed by atoms with E-state index in [-0.39, 0.29) is 0 Å². The standard InChI is InChI=1S/C17H22N2OS/c20-16(10-15-11-19-7-8-21-17(19)18-15)14-6-5-12-3-1-2-4-13(12)9-14/h7-8,11-14H,1-6,9-10H2. The highest BCUT2D eigenvalue weighted by Gasteiger charge is 2.34. The van der Waals surface area contributed by atoms with Gasteiger partial charge in [-0.3, -0.25) is 9.20 Å². The van der Waals surface area contributed by atoms with Crippen molar-refractivity contribution in [2.45, 2.75) is 51.4 Å². The van der Waals surface area contributed by atoms with E-state index in [1.54, 1.807) is 11.3 Å². The van der Waals surface area contributed by atoms with E-state index in [0.717, 1.165) is 35.3 Å². The zero-order valence-electron chi connectivity index (χ0n) is 12.3. The molecule has 0 radical (unpaired) electrons. The molecule has 112 valence electrons. The summed E-state index contributed by atoms with van der Waals surface area (Å²) in [4.78, 5) is 18.1. The van der Waals surface area contributed by atoms with Crippen LogP contribution in [0.2, 0.25) is 0 Å². The molecule has 0 spiro atoms. The molecule has 0 saturated heterocycles. The zero-order valence-corrected chi connectivity index (χ0v) is 13.1. The number of imidazole rings is 1. The first-order chi connectivity index (χ1) is 10.3. The summed E-state index contributed by atoms with van der Waals surface area (Å²) >= 11 is 1.63. The van der Waals surface area contributed by atoms with Gasteiger partial charge in [-0.2, -0.15) is 0 Å². The number of hydrogen-bond donors (Lipinski definition) is 0. The minimum atomic E-state index is 0.295. The maximum absolute atomic E-state index is 12.6. The van der Waals surface area contributed by atoms with Crippen molar-refractivity contribution in [2.24, 2.45) is 17.8 Å². The average Bonchev–Trinajstić information content (AvgIpc) is 3.08. The van der Waals surface area contributed by atoms with E-state index < -0.39 is 0 Å². The summed E-state index contributed by atoms with van der Waals surface area (Å²) in [6.07, 6.45) is 13.6. The molecule has 2 aromatic heterocycles. The van der Waals surface area contributed by atoms with Crippen molar-refractivity contribution in [2.75, 3.05) is 0 Å². The molecule has 2 heterocycles. The SMILES string of the molecule is O=C(Cc1cn2ccsc2n1)C1CCC2CCCCC2C1. The van der Waals surface area contributed by atoms with Crippen LogP contribution in [0, 0.1) is 17.8 Å². The highest BCUT2D eigenvalue weighted by Crippen LogP contribution is 2.43. The van der Waals surface area contributed by atoms with E-state index in [0.29, 0.717) is 18.1 Å². The van der Waals surface area contributed by atoms with Gasteiger partial charge in [-0.05, 0) is 31.1 Å². The molecule has 0 N–H and O–H groups in total. The highest BCUT2D eigenvalue weighted by molar-refractivity contribution is 7.15. The van der Waals surface area contributed by atoms with Crippen LogP contribution in [0.1, 0.15) is 50.6 Å². The quantitative estimate of drug-likeness (QED) is 0.855. The van der Waals surface area contributed by atoms with Gasteiger partial charge in [0, 0.05) is 23.7 Å². The third kappa shape index (κ3) is 2.66. The number of ketones is 1. The van der Waals surface area contributed by atoms with Crippen LogP contribution < -0.4 is 0 Å². The molecule has 4 heteroatoms. The Balaban J connectivity index is 1.41. The molecular formula is C17H22N2OS. The maximum atomic E-state index is 12.6. The summed E-state index contributed by atoms with van der Waals surface area (Å²) in [5, 5.41) is 2.03. The fourth-order valence-electron chi connectivity index (χ4n) is 4.35. The van der Waals surface area contributed by atoms with Gasteiger partial charge in [-0.15, -0.1) is 11.3 Å². The maximum Gasteiger partial charge on any atom is 0.193 e. The first-order valence-electron chi connectivity index (χ1n) is 8.23. The Labute approximate surface area is 129 Å². The molecule has 3 atom stereocenters. The first kappa shape index (κ1) is 13.5. The van der Waals surface area contributed by atoms with Crippen LogP contribution in [-0.4, -0.2) is 15.2 Å². The van der Waals surface area contributed by atoms with Crippen LogP contribution in [-0.2, 0) is 11.2 Å². The van der Waals surface area contributed by atoms with E-state index in [1.807, 2.05) is 22.2 Å². The summed E-state index contributed by atoms with van der Waals surface area (Å²) in [6, 6.07) is 0. The third-order valence-electron chi connectivity index (χ3n) is 5.49. The molecule has 0 aromatic carbocycles. The lowest BCUT2D eigenvalue weighted by atomic mass is 9.66. The van der Waals surface area contributed by atoms with Gasteiger partial charge < -0.3 is 0 Å². The van der Waals surface area contributed by atoms with Gasteiger partial charge >= 0.3 is 0 Å². The van der Waals surface area contributed by atoms with Gasteiger partial charge in [0.05, 0.1) is 12.1 Å². The lowest BCUT2D eigenvalue weighted by Gasteiger charge is -2.38. The number of carbonyl (C=O) groups excluding carboxylic acids is 1. The predicted molar refractivity (Wildman–Crippen MR) is 84.6 cm³/mol. The molecule has 2 saturated carbocycles. The predicted octanol–water partition coefficient (Wildman–Crippen LogP) is 4.11. The van der Waals surface area contributed by atoms with Gasteiger partial charge in [-0.25, -0.2) is 4.98 Å². The molecule has 0 bridgehead atoms. The molecule has 0 amide bonds. The van der Waals surface area contributed by atoms with Crippen molar-refractivity contribution >= 4 is 22.1 Å². The third-order valence-corrected chi connectivity index (χ3v) is 6.26. The zero-order chi connectivity index (χ0) is 14.2. The molecule has 2 fully saturated rings. The summed E-state index contributed by atoms with van der Waals surface area (Å²) in [6.45, 7) is 0. The van der Waals surface area contributed by atoms with Crippen LogP contribution in [0.3, 0.4) is 0 Å². The number of rotatable bonds is 3. The Hall–Kier alpha value is -1.16. The highest BCUT2D eigenvalue weighted by atomic mass is 32.1. The number of carbonyl (C=O) groups is 1. The molecule has 2 aliphatic rings. The van der Waals surface area contributed by atoms with Gasteiger partial charge in [-0.1, -0.05) is 25.7 Å². The van der Waals surface area contributed by atoms with Gasteiger partial charge in [0.25, 0.3) is 0 Å². The van der Waals surface area contributed by atoms with Crippen molar-refractivity contribution in [3.8, 4) is 0 Å². The second-order valence-corrected chi connectivity index (χ2v) is 7.66. The molecule has 2 aliphatic carbocycles. The minimum Gasteiger partial charge on any atom is -0.299 e. The van der Waals surface area contributed by atoms with Crippen LogP contribution in [0.4, 0.5) is 0 Å². The topological polar surface area (TPSA) is 34.4 Å². The van der Waals surface area contributed by atoms with Gasteiger partial charge in [0.2, 0.25) is 0 Å². The molecule has 4 rings (SSSR count). The fourth-order valence-corrected chi connectivity index (χ4v) is 5.07. The largest absolute Gasteiger partial charge is 0.299 e. The van der Waals surface area contributed by atoms with Crippen molar-refractivity contribution in [3.63, 3.8) is 0 Å². The number of hydrogen-bond acceptors (Lipinski definition) is 3. The summed E-state index contributed by atoms with van der Waals surface area (Å²) in [7, 11) is 0. The summed E-state index contributed by atoms with van der Waals surface area (Å²) < 4.78 is 2.02. The average molecular weight is 302 g/mol. The van der Waals surface area contributed by atoms with Crippen LogP contribution in [0.25, 0.3) is 4.96 Å². The molecule has 2 aromatic rings. The number of nitrogens with zero attached hydrogens (tertiary/aromatic N) is 2. The minimum absolute atomic E-state index is 0.295. The van der Waals surface area contributed by atoms with Crippen LogP contribution >= 0.6 is 11.3 Å². The molecule has 3 unspecified atom stereocenters. The molecular weight excluding hydrogens is 280 g/mol. The van der Waals surface area contributed by atoms with Gasteiger partial charge in [0.15, 0.2) is 4.96 Å². The van der Waals surface area contributed by atoms with Crippen molar-refractivity contribution < 1.29 is 4.79 Å². The van der Waals surface area contributed by atoms with Gasteiger partial charge in [0.1, 0.15) is 5.78 Å². The molecule has 0 aliphatic heterocycles. The second kappa shape index (κ2) is 5.56. The molecule has 21 heavy (non-hydrogen) atoms. The Morgan fingerprint density at radius 3 is 2.95 bits per heavy atom. The number of fused-ring (bicyclic) bond motifs is 2. The van der Waals surface area contributed by atoms with Crippen LogP contribution in [0.5, 0.6) is 0 Å². The first-order valence-corrected chi connectivity index (χ1v) is 9.11. The second-order valence-electron chi connectivity index (χ2n) is 6.78. The van der Waals surface area contributed by atoms with E-state index in [9.17, 15) is 4.79 Å². The molecule has 3 nitrogen and oxygen atoms in total. The Morgan fingerprint density at radius 2 is 2.10 bits per heavy atom. The van der Waals surface area contributed by atoms with Crippen molar-refractivity contribution in [1.29, 1.82) is 0 Å². The van der Waals surface area contributed by atoms with E-state index in [4.69, 9.17) is 0 Å². The van der Waals surface area contributed by atoms with Crippen molar-refractivity contribution in [3.05, 3.63) is 23.5 Å². The normalized spacial score (nSPS) is 29.4. The Morgan fingerprint density at radius 1 is 1.24 bits per heavy atom. The van der Waals surface area contributed by atoms with E-state index >= 15 is 0 Å². The van der Waals surface area contributed by atoms with E-state index in [2.05, 4.69) is 4.98 Å². The van der Waals surface area contributed by atoms with E-state index in [1.165, 1.54) is 32.1 Å². The summed E-state index contributed by atoms with van der Waals surface area (Å²) in [5.74, 6) is 2.46. The number of thiazole rings is 1. The summed E-state index contributed by atoms with van der Waals surface area (Å²) in [5.41, 5.74) is 0.942. The smallest absolute Gasteiger partial charge is 0.193 e. The Kier molecular flexibility index (Phi) is 3.57. The van der Waals surface area contributed by atoms with Crippen molar-refractivity contribution in [1.82, 2.24) is 9.38 Å². The lowest BCUT2D eigenvalue weighted by Crippen LogP contribution is -2.31. The number of aromatic nitrogens is 2. The fraction of sp³-hybridized carbons (Fsp3) is 0.647. The van der Waals surface area contributed by atoms with Crippen LogP contribution in [0.15, 0.2) is 17.8 Å². The number of Topliss-reactive ketones (excluding diaryl/α,β-unsaturated/α-hetero) is 1.